The van der Waals surface area contributed by atoms with Crippen LogP contribution in [0.1, 0.15) is 10.7 Å². The summed E-state index contributed by atoms with van der Waals surface area (Å²) in [7, 11) is 1.91. The zero-order valence-electron chi connectivity index (χ0n) is 8.68. The summed E-state index contributed by atoms with van der Waals surface area (Å²) in [6.45, 7) is 1.76. The number of thiophene rings is 1. The summed E-state index contributed by atoms with van der Waals surface area (Å²) < 4.78 is 1.79. The summed E-state index contributed by atoms with van der Waals surface area (Å²) in [5.74, 6) is 0.973. The first-order valence-electron chi connectivity index (χ1n) is 4.92. The molecule has 0 aliphatic carbocycles. The van der Waals surface area contributed by atoms with Crippen LogP contribution >= 0.6 is 11.3 Å². The summed E-state index contributed by atoms with van der Waals surface area (Å²) in [4.78, 5) is 5.56. The van der Waals surface area contributed by atoms with E-state index in [4.69, 9.17) is 0 Å². The average molecular weight is 222 g/mol. The molecule has 0 aliphatic rings. The Labute approximate surface area is 93.0 Å². The molecule has 2 heterocycles. The third-order valence-electron chi connectivity index (χ3n) is 2.22. The zero-order chi connectivity index (χ0) is 10.5. The lowest BCUT2D eigenvalue weighted by molar-refractivity contribution is 0.616. The lowest BCUT2D eigenvalue weighted by Crippen LogP contribution is -2.18. The fourth-order valence-corrected chi connectivity index (χ4v) is 2.06. The Hall–Kier alpha value is -1.20. The van der Waals surface area contributed by atoms with Crippen molar-refractivity contribution in [3.63, 3.8) is 0 Å². The standard InChI is InChI=1S/C10H14N4S/c1-14-10(12-8-13-14)7-11-5-4-9-3-2-6-15-9/h2-3,6,8,11H,4-5,7H2,1H3. The van der Waals surface area contributed by atoms with Gasteiger partial charge in [-0.25, -0.2) is 4.98 Å². The summed E-state index contributed by atoms with van der Waals surface area (Å²) in [6.07, 6.45) is 2.66. The van der Waals surface area contributed by atoms with Crippen molar-refractivity contribution >= 4 is 11.3 Å². The average Bonchev–Trinajstić information content (AvgIpc) is 2.85. The van der Waals surface area contributed by atoms with Gasteiger partial charge in [0.2, 0.25) is 0 Å². The molecule has 0 amide bonds. The number of rotatable bonds is 5. The Morgan fingerprint density at radius 1 is 1.53 bits per heavy atom. The number of aromatic nitrogens is 3. The van der Waals surface area contributed by atoms with Crippen LogP contribution in [0.2, 0.25) is 0 Å². The van der Waals surface area contributed by atoms with Gasteiger partial charge in [-0.3, -0.25) is 4.68 Å². The fraction of sp³-hybridized carbons (Fsp3) is 0.400. The molecule has 0 atom stereocenters. The van der Waals surface area contributed by atoms with Gasteiger partial charge < -0.3 is 5.32 Å². The van der Waals surface area contributed by atoms with Gasteiger partial charge in [0.1, 0.15) is 12.2 Å². The first-order chi connectivity index (χ1) is 7.36. The monoisotopic (exact) mass is 222 g/mol. The summed E-state index contributed by atoms with van der Waals surface area (Å²) >= 11 is 1.80. The number of nitrogens with one attached hydrogen (secondary N) is 1. The third kappa shape index (κ3) is 2.87. The largest absolute Gasteiger partial charge is 0.309 e. The first kappa shape index (κ1) is 10.3. The highest BCUT2D eigenvalue weighted by atomic mass is 32.1. The molecule has 15 heavy (non-hydrogen) atoms. The van der Waals surface area contributed by atoms with Crippen molar-refractivity contribution in [2.45, 2.75) is 13.0 Å². The van der Waals surface area contributed by atoms with Crippen molar-refractivity contribution in [1.82, 2.24) is 20.1 Å². The van der Waals surface area contributed by atoms with Crippen LogP contribution in [0.25, 0.3) is 0 Å². The van der Waals surface area contributed by atoms with Crippen LogP contribution in [0, 0.1) is 0 Å². The summed E-state index contributed by atoms with van der Waals surface area (Å²) in [5.41, 5.74) is 0. The maximum atomic E-state index is 4.14. The van der Waals surface area contributed by atoms with E-state index in [2.05, 4.69) is 32.9 Å². The fourth-order valence-electron chi connectivity index (χ4n) is 1.35. The van der Waals surface area contributed by atoms with Crippen molar-refractivity contribution in [3.8, 4) is 0 Å². The van der Waals surface area contributed by atoms with Gasteiger partial charge in [-0.1, -0.05) is 6.07 Å². The molecule has 0 bridgehead atoms. The quantitative estimate of drug-likeness (QED) is 0.773. The summed E-state index contributed by atoms with van der Waals surface area (Å²) in [6, 6.07) is 4.25. The van der Waals surface area contributed by atoms with Crippen LogP contribution in [-0.4, -0.2) is 21.3 Å². The predicted octanol–water partition coefficient (Wildman–Crippen LogP) is 1.21. The second-order valence-electron chi connectivity index (χ2n) is 3.31. The Balaban J connectivity index is 1.70. The van der Waals surface area contributed by atoms with Crippen LogP contribution in [0.4, 0.5) is 0 Å². The van der Waals surface area contributed by atoms with Crippen LogP contribution in [0.5, 0.6) is 0 Å². The predicted molar refractivity (Wildman–Crippen MR) is 60.7 cm³/mol. The molecule has 0 aromatic carbocycles. The first-order valence-corrected chi connectivity index (χ1v) is 5.80. The molecule has 5 heteroatoms. The van der Waals surface area contributed by atoms with Gasteiger partial charge in [-0.2, -0.15) is 5.10 Å². The molecule has 0 saturated heterocycles. The highest BCUT2D eigenvalue weighted by Gasteiger charge is 1.99. The molecular weight excluding hydrogens is 208 g/mol. The van der Waals surface area contributed by atoms with Crippen LogP contribution < -0.4 is 5.32 Å². The van der Waals surface area contributed by atoms with E-state index in [1.807, 2.05) is 7.05 Å². The zero-order valence-corrected chi connectivity index (χ0v) is 9.50. The molecule has 0 aliphatic heterocycles. The number of hydrogen-bond acceptors (Lipinski definition) is 4. The van der Waals surface area contributed by atoms with Gasteiger partial charge in [0.15, 0.2) is 0 Å². The Kier molecular flexibility index (Phi) is 3.47. The molecule has 2 rings (SSSR count). The van der Waals surface area contributed by atoms with Crippen LogP contribution in [-0.2, 0) is 20.0 Å². The highest BCUT2D eigenvalue weighted by molar-refractivity contribution is 7.09. The van der Waals surface area contributed by atoms with Crippen molar-refractivity contribution < 1.29 is 0 Å². The third-order valence-corrected chi connectivity index (χ3v) is 3.15. The Morgan fingerprint density at radius 2 is 2.47 bits per heavy atom. The molecule has 1 N–H and O–H groups in total. The minimum Gasteiger partial charge on any atom is -0.309 e. The molecular formula is C10H14N4S. The second kappa shape index (κ2) is 5.04. The molecule has 4 nitrogen and oxygen atoms in total. The van der Waals surface area contributed by atoms with Gasteiger partial charge in [-0.05, 0) is 17.9 Å². The molecule has 2 aromatic rings. The van der Waals surface area contributed by atoms with Crippen molar-refractivity contribution in [2.75, 3.05) is 6.54 Å². The van der Waals surface area contributed by atoms with E-state index < -0.39 is 0 Å². The van der Waals surface area contributed by atoms with Crippen LogP contribution in [0.15, 0.2) is 23.8 Å². The molecule has 0 spiro atoms. The lowest BCUT2D eigenvalue weighted by atomic mass is 10.3. The van der Waals surface area contributed by atoms with E-state index in [9.17, 15) is 0 Å². The van der Waals surface area contributed by atoms with E-state index in [-0.39, 0.29) is 0 Å². The van der Waals surface area contributed by atoms with Crippen molar-refractivity contribution in [2.24, 2.45) is 7.05 Å². The van der Waals surface area contributed by atoms with Gasteiger partial charge in [0.05, 0.1) is 6.54 Å². The Morgan fingerprint density at radius 3 is 3.13 bits per heavy atom. The van der Waals surface area contributed by atoms with Crippen molar-refractivity contribution in [1.29, 1.82) is 0 Å². The maximum absolute atomic E-state index is 4.14. The SMILES string of the molecule is Cn1ncnc1CNCCc1cccs1. The highest BCUT2D eigenvalue weighted by Crippen LogP contribution is 2.08. The molecule has 0 fully saturated rings. The normalized spacial score (nSPS) is 10.7. The van der Waals surface area contributed by atoms with E-state index in [0.717, 1.165) is 25.3 Å². The van der Waals surface area contributed by atoms with Gasteiger partial charge in [-0.15, -0.1) is 11.3 Å². The molecule has 2 aromatic heterocycles. The molecule has 0 saturated carbocycles. The van der Waals surface area contributed by atoms with E-state index in [0.29, 0.717) is 0 Å². The van der Waals surface area contributed by atoms with Crippen molar-refractivity contribution in [3.05, 3.63) is 34.5 Å². The topological polar surface area (TPSA) is 42.7 Å². The number of aryl methyl sites for hydroxylation is 1. The lowest BCUT2D eigenvalue weighted by Gasteiger charge is -2.02. The van der Waals surface area contributed by atoms with E-state index >= 15 is 0 Å². The molecule has 0 radical (unpaired) electrons. The smallest absolute Gasteiger partial charge is 0.140 e. The minimum absolute atomic E-state index is 0.780. The number of hydrogen-bond donors (Lipinski definition) is 1. The molecule has 0 unspecified atom stereocenters. The van der Waals surface area contributed by atoms with Gasteiger partial charge in [0, 0.05) is 18.5 Å². The Bertz CT molecular complexity index is 393. The number of nitrogens with zero attached hydrogens (tertiary/aromatic N) is 3. The minimum atomic E-state index is 0.780. The maximum Gasteiger partial charge on any atom is 0.140 e. The van der Waals surface area contributed by atoms with Crippen LogP contribution in [0.3, 0.4) is 0 Å². The van der Waals surface area contributed by atoms with Gasteiger partial charge in [0.25, 0.3) is 0 Å². The second-order valence-corrected chi connectivity index (χ2v) is 4.34. The van der Waals surface area contributed by atoms with E-state index in [1.165, 1.54) is 4.88 Å². The summed E-state index contributed by atoms with van der Waals surface area (Å²) in [5, 5.41) is 9.47. The molecule has 80 valence electrons. The van der Waals surface area contributed by atoms with Gasteiger partial charge >= 0.3 is 0 Å². The van der Waals surface area contributed by atoms with E-state index in [1.54, 1.807) is 22.3 Å².